The molecule has 14 amide bonds. The molecule has 0 unspecified atom stereocenters. The molecule has 3 rings (SSSR count). The molecule has 0 bridgehead atoms. The number of hydrogen-bond donors (Lipinski definition) is 22. The van der Waals surface area contributed by atoms with Gasteiger partial charge in [-0.2, -0.15) is 25.3 Å². The first kappa shape index (κ1) is 92.3. The number of nitrogens with one attached hydrogen (secondary N) is 14. The topological polar surface area (TPSA) is 582 Å². The number of nitrogens with zero attached hydrogens (tertiary/aromatic N) is 2. The molecule has 0 aliphatic carbocycles. The summed E-state index contributed by atoms with van der Waals surface area (Å²) in [5.74, 6) is -13.8. The van der Waals surface area contributed by atoms with Gasteiger partial charge in [-0.15, -0.1) is 0 Å². The lowest BCUT2D eigenvalue weighted by Crippen LogP contribution is -2.62. The van der Waals surface area contributed by atoms with E-state index in [0.717, 1.165) is 6.92 Å². The number of rotatable bonds is 47. The van der Waals surface area contributed by atoms with Gasteiger partial charge in [0.2, 0.25) is 82.7 Å². The Morgan fingerprint density at radius 1 is 0.542 bits per heavy atom. The predicted octanol–water partition coefficient (Wildman–Crippen LogP) is -5.76. The summed E-state index contributed by atoms with van der Waals surface area (Å²) < 4.78 is 0. The van der Waals surface area contributed by atoms with E-state index in [9.17, 15) is 87.2 Å². The van der Waals surface area contributed by atoms with Crippen LogP contribution in [0.25, 0.3) is 0 Å². The number of likely N-dealkylation sites (tertiary alicyclic amines) is 2. The second-order valence-electron chi connectivity index (χ2n) is 26.8. The van der Waals surface area contributed by atoms with Crippen LogP contribution in [-0.2, 0) is 78.3 Å². The Morgan fingerprint density at radius 2 is 1.04 bits per heavy atom. The smallest absolute Gasteiger partial charge is 0.326 e. The number of guanidine groups is 1. The zero-order valence-electron chi connectivity index (χ0n) is 61.9. The normalized spacial score (nSPS) is 17.9. The van der Waals surface area contributed by atoms with E-state index >= 15 is 0 Å². The van der Waals surface area contributed by atoms with Gasteiger partial charge in [0.15, 0.2) is 5.96 Å². The van der Waals surface area contributed by atoms with Gasteiger partial charge in [-0.3, -0.25) is 72.5 Å². The highest BCUT2D eigenvalue weighted by Crippen LogP contribution is 2.28. The monoisotopic (exact) mass is 1550 g/mol. The first-order valence-corrected chi connectivity index (χ1v) is 37.4. The molecule has 0 aromatic heterocycles. The number of hydrogen-bond acceptors (Lipinski definition) is 22. The van der Waals surface area contributed by atoms with Crippen LogP contribution in [0.4, 0.5) is 0 Å². The Labute approximate surface area is 634 Å². The minimum Gasteiger partial charge on any atom is -0.480 e. The van der Waals surface area contributed by atoms with Crippen LogP contribution in [0, 0.1) is 17.2 Å². The number of aliphatic hydroxyl groups excluding tert-OH is 2. The summed E-state index contributed by atoms with van der Waals surface area (Å²) in [6, 6.07) is -8.72. The third-order valence-corrected chi connectivity index (χ3v) is 18.9. The number of benzene rings is 1. The average Bonchev–Trinajstić information content (AvgIpc) is 1.68. The van der Waals surface area contributed by atoms with Crippen LogP contribution >= 0.6 is 25.3 Å². The molecular weight excluding hydrogens is 1430 g/mol. The summed E-state index contributed by atoms with van der Waals surface area (Å²) in [5, 5.41) is 70.9. The van der Waals surface area contributed by atoms with E-state index in [2.05, 4.69) is 94.4 Å². The van der Waals surface area contributed by atoms with Gasteiger partial charge >= 0.3 is 5.97 Å². The quantitative estimate of drug-likeness (QED) is 0.0125. The Hall–Kier alpha value is -8.92. The van der Waals surface area contributed by atoms with Crippen molar-refractivity contribution in [3.63, 3.8) is 0 Å². The molecule has 2 fully saturated rings. The fourth-order valence-electron chi connectivity index (χ4n) is 11.7. The molecule has 16 atom stereocenters. The molecule has 39 heteroatoms. The fraction of sp³-hybridized carbons (Fsp3) is 0.676. The molecule has 37 nitrogen and oxygen atoms in total. The second-order valence-corrected chi connectivity index (χ2v) is 27.7. The van der Waals surface area contributed by atoms with Crippen LogP contribution in [0.15, 0.2) is 30.3 Å². The van der Waals surface area contributed by atoms with Crippen LogP contribution in [0.2, 0.25) is 0 Å². The highest BCUT2D eigenvalue weighted by atomic mass is 32.1. The average molecular weight is 1550 g/mol. The lowest BCUT2D eigenvalue weighted by molar-refractivity contribution is -0.149. The number of aliphatic hydroxyl groups is 2. The van der Waals surface area contributed by atoms with E-state index < -0.39 is 205 Å². The van der Waals surface area contributed by atoms with E-state index in [0.29, 0.717) is 43.4 Å². The molecule has 2 aliphatic rings. The number of carbonyl (C=O) groups excluding carboxylic acids is 14. The van der Waals surface area contributed by atoms with Crippen molar-refractivity contribution in [1.82, 2.24) is 78.9 Å². The summed E-state index contributed by atoms with van der Waals surface area (Å²) in [6.07, 6.45) is 0.931. The first-order valence-electron chi connectivity index (χ1n) is 36.2. The van der Waals surface area contributed by atoms with E-state index in [4.69, 9.17) is 22.6 Å². The number of nitrogens with two attached hydrogens (primary N) is 3. The van der Waals surface area contributed by atoms with Crippen molar-refractivity contribution in [2.24, 2.45) is 29.0 Å². The Kier molecular flexibility index (Phi) is 41.1. The maximum absolute atomic E-state index is 14.8. The zero-order chi connectivity index (χ0) is 80.2. The van der Waals surface area contributed by atoms with Crippen LogP contribution in [0.5, 0.6) is 0 Å². The molecule has 1 aromatic rings. The number of unbranched alkanes of at least 4 members (excludes halogenated alkanes) is 1. The molecule has 0 saturated carbocycles. The molecule has 2 saturated heterocycles. The van der Waals surface area contributed by atoms with Crippen molar-refractivity contribution in [2.45, 2.75) is 223 Å². The van der Waals surface area contributed by atoms with Gasteiger partial charge in [0, 0.05) is 26.1 Å². The van der Waals surface area contributed by atoms with Crippen molar-refractivity contribution in [3.8, 4) is 0 Å². The zero-order valence-corrected chi connectivity index (χ0v) is 63.7. The minimum absolute atomic E-state index is 0.0196. The number of thiol groups is 2. The molecule has 600 valence electrons. The number of carboxylic acids is 1. The summed E-state index contributed by atoms with van der Waals surface area (Å²) in [6.45, 7) is 8.94. The molecular formula is C68H113N19O18S2. The molecule has 2 aliphatic heterocycles. The lowest BCUT2D eigenvalue weighted by Gasteiger charge is -2.35. The van der Waals surface area contributed by atoms with Crippen molar-refractivity contribution in [1.29, 1.82) is 5.41 Å². The van der Waals surface area contributed by atoms with Crippen LogP contribution < -0.4 is 86.3 Å². The SMILES string of the molecule is CC[C@H](C)[C@H](NC(=O)[C@@H]1CCCN1C(=O)[C@@H]1CCCN1C(=O)[C@@H](NC(=O)[C@H](CO)NC(=O)[C@H](CCCCN)NC(=O)[C@@H](NC(=O)[C@H](C)NC(=O)[C@H](CCCNC(=N)N)NC(=O)CNC(=O)[C@@H](N)CCS)[C@@H](C)O)[C@@H](C)CC)C(=O)N[C@@H](C)C(=O)N[C@@H](Cc1ccccc1)C(=O)NCC(=O)N[C@@H](CCS)C(=O)O. The number of amides is 14. The molecule has 0 radical (unpaired) electrons. The number of aliphatic carboxylic acids is 1. The van der Waals surface area contributed by atoms with Crippen molar-refractivity contribution in [3.05, 3.63) is 35.9 Å². The van der Waals surface area contributed by atoms with Gasteiger partial charge in [0.05, 0.1) is 31.8 Å². The Bertz CT molecular complexity index is 3200. The number of carboxylic acid groups (broad SMARTS) is 1. The van der Waals surface area contributed by atoms with E-state index in [1.54, 1.807) is 58.0 Å². The molecule has 2 heterocycles. The lowest BCUT2D eigenvalue weighted by atomic mass is 9.96. The summed E-state index contributed by atoms with van der Waals surface area (Å²) in [5.41, 5.74) is 17.5. The largest absolute Gasteiger partial charge is 0.480 e. The van der Waals surface area contributed by atoms with Gasteiger partial charge in [-0.1, -0.05) is 70.9 Å². The van der Waals surface area contributed by atoms with Gasteiger partial charge in [0.1, 0.15) is 72.5 Å². The highest BCUT2D eigenvalue weighted by Gasteiger charge is 2.46. The van der Waals surface area contributed by atoms with E-state index in [-0.39, 0.29) is 95.7 Å². The highest BCUT2D eigenvalue weighted by molar-refractivity contribution is 7.80. The second kappa shape index (κ2) is 47.7. The van der Waals surface area contributed by atoms with Gasteiger partial charge in [-0.25, -0.2) is 4.79 Å². The molecule has 107 heavy (non-hydrogen) atoms. The van der Waals surface area contributed by atoms with Crippen LogP contribution in [0.3, 0.4) is 0 Å². The maximum atomic E-state index is 14.8. The summed E-state index contributed by atoms with van der Waals surface area (Å²) in [4.78, 5) is 207. The van der Waals surface area contributed by atoms with Gasteiger partial charge in [0.25, 0.3) is 0 Å². The van der Waals surface area contributed by atoms with Crippen LogP contribution in [0.1, 0.15) is 138 Å². The third kappa shape index (κ3) is 30.7. The van der Waals surface area contributed by atoms with Gasteiger partial charge < -0.3 is 111 Å². The Morgan fingerprint density at radius 3 is 1.61 bits per heavy atom. The standard InChI is InChI=1S/C68H113N19O18S2/c1-8-36(3)52(63(100)77-38(5)55(92)81-46(32-41-18-11-10-12-19-41)58(95)75-34-51(91)79-45(25-31-107)67(104)105)83-62(99)48-22-16-28-86(48)65(102)49-23-17-29-87(49)66(103)53(37(4)9-2)84-61(98)47(35-88)82-60(97)44(20-13-14-26-69)80-64(101)54(40(7)89)85-56(93)39(6)76-59(96)43(21-15-27-73-68(71)72)78-50(90)33-74-57(94)42(70)24-30-106/h10-12,18-19,36-40,42-49,52-54,88-89,106-107H,8-9,13-17,20-35,69-70H2,1-7H3,(H,74,94)(H,75,95)(H,76,96)(H,77,100)(H,78,90)(H,79,91)(H,80,101)(H,81,92)(H,82,97)(H,83,99)(H,84,98)(H,85,93)(H,104,105)(H4,71,72,73)/t36-,37-,38-,39-,40+,42-,43-,44-,45-,46-,47-,48-,49-,52-,53-,54-/m0/s1. The molecule has 23 N–H and O–H groups in total. The Balaban J connectivity index is 1.75. The maximum Gasteiger partial charge on any atom is 0.326 e. The minimum atomic E-state index is -1.77. The third-order valence-electron chi connectivity index (χ3n) is 18.4. The predicted molar refractivity (Wildman–Crippen MR) is 399 cm³/mol. The molecule has 1 aromatic carbocycles. The van der Waals surface area contributed by atoms with E-state index in [1.807, 2.05) is 0 Å². The summed E-state index contributed by atoms with van der Waals surface area (Å²) >= 11 is 8.07. The van der Waals surface area contributed by atoms with E-state index in [1.165, 1.54) is 23.6 Å². The van der Waals surface area contributed by atoms with Crippen molar-refractivity contribution in [2.75, 3.05) is 57.4 Å². The van der Waals surface area contributed by atoms with Gasteiger partial charge in [-0.05, 0) is 127 Å². The first-order chi connectivity index (χ1) is 50.7. The van der Waals surface area contributed by atoms with Crippen molar-refractivity contribution >= 4 is 120 Å². The number of carbonyl (C=O) groups is 15. The fourth-order valence-corrected chi connectivity index (χ4v) is 12.2. The van der Waals surface area contributed by atoms with Crippen molar-refractivity contribution < 1.29 is 87.2 Å². The van der Waals surface area contributed by atoms with Crippen LogP contribution in [-0.4, -0.2) is 262 Å². The molecule has 0 spiro atoms. The summed E-state index contributed by atoms with van der Waals surface area (Å²) in [7, 11) is 0.